The molecule has 192 valence electrons. The Morgan fingerprint density at radius 2 is 1.47 bits per heavy atom. The summed E-state index contributed by atoms with van der Waals surface area (Å²) in [6.45, 7) is 1.64. The summed E-state index contributed by atoms with van der Waals surface area (Å²) in [5.41, 5.74) is 2.90. The highest BCUT2D eigenvalue weighted by atomic mass is 35.5. The van der Waals surface area contributed by atoms with Gasteiger partial charge in [-0.1, -0.05) is 88.9 Å². The third kappa shape index (κ3) is 5.20. The van der Waals surface area contributed by atoms with E-state index in [0.29, 0.717) is 37.1 Å². The molecule has 1 aliphatic heterocycles. The summed E-state index contributed by atoms with van der Waals surface area (Å²) >= 11 is 25.4. The van der Waals surface area contributed by atoms with E-state index in [1.165, 1.54) is 6.92 Å². The number of rotatable bonds is 7. The Kier molecular flexibility index (Phi) is 7.82. The van der Waals surface area contributed by atoms with Crippen molar-refractivity contribution < 1.29 is 9.53 Å². The molecule has 4 aromatic carbocycles. The van der Waals surface area contributed by atoms with Gasteiger partial charge in [0.25, 0.3) is 0 Å². The molecular weight excluding hydrogens is 564 g/mol. The molecule has 38 heavy (non-hydrogen) atoms. The Bertz CT molecular complexity index is 1510. The molecular formula is C29H21Cl4N3O2. The van der Waals surface area contributed by atoms with Crippen LogP contribution >= 0.6 is 46.4 Å². The van der Waals surface area contributed by atoms with Gasteiger partial charge in [0.2, 0.25) is 0 Å². The number of nitrogens with zero attached hydrogens (tertiary/aromatic N) is 3. The van der Waals surface area contributed by atoms with Crippen LogP contribution in [0.3, 0.4) is 0 Å². The van der Waals surface area contributed by atoms with Crippen LogP contribution in [0.2, 0.25) is 20.1 Å². The zero-order valence-electron chi connectivity index (χ0n) is 20.1. The second kappa shape index (κ2) is 11.3. The second-order valence-corrected chi connectivity index (χ2v) is 10.2. The Morgan fingerprint density at radius 3 is 2.16 bits per heavy atom. The van der Waals surface area contributed by atoms with E-state index >= 15 is 0 Å². The van der Waals surface area contributed by atoms with Crippen molar-refractivity contribution in [2.75, 3.05) is 9.91 Å². The van der Waals surface area contributed by atoms with Crippen LogP contribution in [0.25, 0.3) is 0 Å². The summed E-state index contributed by atoms with van der Waals surface area (Å²) in [5, 5.41) is 8.36. The summed E-state index contributed by atoms with van der Waals surface area (Å²) in [5.74, 6) is 0.626. The van der Waals surface area contributed by atoms with Crippen LogP contribution in [0, 0.1) is 0 Å². The zero-order valence-corrected chi connectivity index (χ0v) is 23.1. The maximum absolute atomic E-state index is 12.9. The zero-order chi connectivity index (χ0) is 26.8. The average molecular weight is 585 g/mol. The molecule has 4 aromatic rings. The molecule has 0 fully saturated rings. The maximum Gasteiger partial charge on any atom is 0.198 e. The fourth-order valence-corrected chi connectivity index (χ4v) is 5.06. The summed E-state index contributed by atoms with van der Waals surface area (Å²) in [6, 6.07) is 27.7. The van der Waals surface area contributed by atoms with Gasteiger partial charge >= 0.3 is 0 Å². The monoisotopic (exact) mass is 583 g/mol. The Balaban J connectivity index is 1.64. The largest absolute Gasteiger partial charge is 0.488 e. The number of halogens is 4. The second-order valence-electron chi connectivity index (χ2n) is 8.53. The van der Waals surface area contributed by atoms with Crippen molar-refractivity contribution in [1.82, 2.24) is 0 Å². The number of para-hydroxylation sites is 2. The van der Waals surface area contributed by atoms with E-state index in [1.54, 1.807) is 41.4 Å². The lowest BCUT2D eigenvalue weighted by molar-refractivity contribution is -0.111. The molecule has 0 amide bonds. The van der Waals surface area contributed by atoms with Gasteiger partial charge in [0.05, 0.1) is 15.7 Å². The van der Waals surface area contributed by atoms with Crippen molar-refractivity contribution in [2.45, 2.75) is 19.7 Å². The number of ketones is 1. The van der Waals surface area contributed by atoms with Crippen molar-refractivity contribution in [2.24, 2.45) is 5.10 Å². The third-order valence-electron chi connectivity index (χ3n) is 6.05. The van der Waals surface area contributed by atoms with Crippen LogP contribution in [0.15, 0.2) is 96.1 Å². The maximum atomic E-state index is 12.9. The highest BCUT2D eigenvalue weighted by Crippen LogP contribution is 2.43. The lowest BCUT2D eigenvalue weighted by atomic mass is 10.1. The van der Waals surface area contributed by atoms with E-state index in [-0.39, 0.29) is 18.2 Å². The van der Waals surface area contributed by atoms with Gasteiger partial charge in [-0.05, 0) is 48.5 Å². The molecule has 0 bridgehead atoms. The number of amidine groups is 1. The first-order valence-corrected chi connectivity index (χ1v) is 13.2. The number of hydrogen-bond donors (Lipinski definition) is 0. The third-order valence-corrected chi connectivity index (χ3v) is 7.50. The summed E-state index contributed by atoms with van der Waals surface area (Å²) in [4.78, 5) is 14.7. The predicted molar refractivity (Wildman–Crippen MR) is 156 cm³/mol. The Labute approximate surface area is 240 Å². The molecule has 5 rings (SSSR count). The molecule has 0 aliphatic carbocycles. The van der Waals surface area contributed by atoms with Gasteiger partial charge < -0.3 is 4.74 Å². The van der Waals surface area contributed by atoms with Crippen molar-refractivity contribution in [3.8, 4) is 5.75 Å². The average Bonchev–Trinajstić information content (AvgIpc) is 3.32. The first kappa shape index (κ1) is 26.4. The van der Waals surface area contributed by atoms with Gasteiger partial charge in [0, 0.05) is 33.8 Å². The van der Waals surface area contributed by atoms with Gasteiger partial charge in [0.1, 0.15) is 12.4 Å². The quantitative estimate of drug-likeness (QED) is 0.218. The standard InChI is InChI=1S/C29H21Cl4N3O2/c1-18(37)28-34-36(19-8-3-2-4-9-19)29(35(28)20-14-15-25(32)26(33)16-20)21-10-5-6-13-27(21)38-17-22-23(30)11-7-12-24(22)31/h2-16,29H,17H2,1H3/t29-/m0/s1. The number of hydrogen-bond acceptors (Lipinski definition) is 5. The molecule has 9 heteroatoms. The van der Waals surface area contributed by atoms with Crippen LogP contribution in [0.1, 0.15) is 24.2 Å². The molecule has 1 heterocycles. The highest BCUT2D eigenvalue weighted by Gasteiger charge is 2.40. The Morgan fingerprint density at radius 1 is 0.789 bits per heavy atom. The van der Waals surface area contributed by atoms with Gasteiger partial charge in [-0.3, -0.25) is 9.69 Å². The van der Waals surface area contributed by atoms with E-state index < -0.39 is 6.17 Å². The summed E-state index contributed by atoms with van der Waals surface area (Å²) < 4.78 is 6.30. The van der Waals surface area contributed by atoms with Crippen LogP contribution in [-0.2, 0) is 11.4 Å². The number of benzene rings is 4. The first-order chi connectivity index (χ1) is 18.3. The fraction of sp³-hybridized carbons (Fsp3) is 0.103. The van der Waals surface area contributed by atoms with Crippen molar-refractivity contribution in [3.63, 3.8) is 0 Å². The molecule has 0 radical (unpaired) electrons. The summed E-state index contributed by atoms with van der Waals surface area (Å²) in [6.07, 6.45) is -0.577. The van der Waals surface area contributed by atoms with E-state index in [4.69, 9.17) is 56.2 Å². The molecule has 0 N–H and O–H groups in total. The molecule has 0 aromatic heterocycles. The lowest BCUT2D eigenvalue weighted by Gasteiger charge is -2.33. The minimum Gasteiger partial charge on any atom is -0.488 e. The van der Waals surface area contributed by atoms with Gasteiger partial charge in [-0.15, -0.1) is 5.10 Å². The number of hydrazone groups is 1. The molecule has 1 atom stereocenters. The molecule has 0 saturated carbocycles. The molecule has 0 saturated heterocycles. The minimum absolute atomic E-state index is 0.154. The summed E-state index contributed by atoms with van der Waals surface area (Å²) in [7, 11) is 0. The van der Waals surface area contributed by atoms with Crippen LogP contribution in [0.5, 0.6) is 5.75 Å². The number of carbonyl (C=O) groups excluding carboxylic acids is 1. The highest BCUT2D eigenvalue weighted by molar-refractivity contribution is 6.45. The Hall–Kier alpha value is -3.22. The lowest BCUT2D eigenvalue weighted by Crippen LogP contribution is -2.38. The van der Waals surface area contributed by atoms with Crippen molar-refractivity contribution in [1.29, 1.82) is 0 Å². The van der Waals surface area contributed by atoms with Crippen LogP contribution < -0.4 is 14.6 Å². The number of ether oxygens (including phenoxy) is 1. The SMILES string of the molecule is CC(=O)C1=NN(c2ccccc2)[C@@H](c2ccccc2OCc2c(Cl)cccc2Cl)N1c1ccc(Cl)c(Cl)c1. The molecule has 5 nitrogen and oxygen atoms in total. The van der Waals surface area contributed by atoms with Crippen molar-refractivity contribution in [3.05, 3.63) is 122 Å². The van der Waals surface area contributed by atoms with E-state index in [1.807, 2.05) is 59.5 Å². The molecule has 0 unspecified atom stereocenters. The number of anilines is 2. The topological polar surface area (TPSA) is 45.1 Å². The predicted octanol–water partition coefficient (Wildman–Crippen LogP) is 8.81. The number of carbonyl (C=O) groups is 1. The first-order valence-electron chi connectivity index (χ1n) is 11.7. The van der Waals surface area contributed by atoms with Gasteiger partial charge in [-0.2, -0.15) is 0 Å². The minimum atomic E-state index is -0.577. The molecule has 1 aliphatic rings. The van der Waals surface area contributed by atoms with Gasteiger partial charge in [0.15, 0.2) is 17.8 Å². The fourth-order valence-electron chi connectivity index (χ4n) is 4.26. The number of Topliss-reactive ketones (excluding diaryl/α,β-unsaturated/α-hetero) is 1. The molecule has 0 spiro atoms. The van der Waals surface area contributed by atoms with E-state index in [0.717, 1.165) is 11.3 Å². The smallest absolute Gasteiger partial charge is 0.198 e. The van der Waals surface area contributed by atoms with E-state index in [9.17, 15) is 4.79 Å². The normalized spacial score (nSPS) is 15.0. The van der Waals surface area contributed by atoms with Crippen LogP contribution in [-0.4, -0.2) is 11.6 Å². The van der Waals surface area contributed by atoms with E-state index in [2.05, 4.69) is 0 Å². The van der Waals surface area contributed by atoms with Gasteiger partial charge in [-0.25, -0.2) is 5.01 Å². The van der Waals surface area contributed by atoms with Crippen LogP contribution in [0.4, 0.5) is 11.4 Å². The van der Waals surface area contributed by atoms with Crippen molar-refractivity contribution >= 4 is 69.4 Å².